The number of nitrogens with zero attached hydrogens (tertiary/aromatic N) is 5. The van der Waals surface area contributed by atoms with Gasteiger partial charge in [0, 0.05) is 73.1 Å². The Labute approximate surface area is 203 Å². The minimum atomic E-state index is 0.263. The number of aromatic nitrogens is 2. The monoisotopic (exact) mass is 481 g/mol. The van der Waals surface area contributed by atoms with Crippen molar-refractivity contribution in [3.63, 3.8) is 0 Å². The van der Waals surface area contributed by atoms with E-state index in [0.29, 0.717) is 12.1 Å². The van der Waals surface area contributed by atoms with Crippen LogP contribution < -0.4 is 0 Å². The van der Waals surface area contributed by atoms with Gasteiger partial charge in [-0.1, -0.05) is 29.8 Å². The Hall–Kier alpha value is -2.22. The van der Waals surface area contributed by atoms with Crippen molar-refractivity contribution in [2.45, 2.75) is 31.5 Å². The van der Waals surface area contributed by atoms with Crippen molar-refractivity contribution in [1.82, 2.24) is 24.1 Å². The number of hydrogen-bond donors (Lipinski definition) is 0. The Morgan fingerprint density at radius 3 is 2.48 bits per heavy atom. The Morgan fingerprint density at radius 1 is 1.03 bits per heavy atom. The summed E-state index contributed by atoms with van der Waals surface area (Å²) in [5.41, 5.74) is 4.24. The average molecular weight is 482 g/mol. The molecule has 0 spiro atoms. The van der Waals surface area contributed by atoms with Crippen molar-refractivity contribution < 1.29 is 4.79 Å². The van der Waals surface area contributed by atoms with E-state index in [4.69, 9.17) is 16.6 Å². The SMILES string of the molecule is O=C(N1CCSCC1)N1C2CCC1CN(Cc1c(-c3ccc(Cl)cc3)nc3ccccn13)C2. The molecule has 3 aliphatic heterocycles. The first-order valence-corrected chi connectivity index (χ1v) is 13.3. The zero-order valence-corrected chi connectivity index (χ0v) is 20.1. The van der Waals surface area contributed by atoms with Crippen LogP contribution in [0.25, 0.3) is 16.9 Å². The molecule has 6 nitrogen and oxygen atoms in total. The van der Waals surface area contributed by atoms with Crippen LogP contribution in [0.2, 0.25) is 5.02 Å². The topological polar surface area (TPSA) is 44.1 Å². The zero-order valence-electron chi connectivity index (χ0n) is 18.6. The average Bonchev–Trinajstić information content (AvgIpc) is 3.34. The highest BCUT2D eigenvalue weighted by atomic mass is 35.5. The first kappa shape index (κ1) is 21.3. The van der Waals surface area contributed by atoms with Gasteiger partial charge in [0.1, 0.15) is 5.65 Å². The lowest BCUT2D eigenvalue weighted by Crippen LogP contribution is -2.59. The van der Waals surface area contributed by atoms with E-state index in [1.54, 1.807) is 0 Å². The Bertz CT molecular complexity index is 1150. The molecule has 0 saturated carbocycles. The van der Waals surface area contributed by atoms with Crippen LogP contribution in [-0.4, -0.2) is 79.9 Å². The van der Waals surface area contributed by atoms with Gasteiger partial charge in [-0.15, -0.1) is 0 Å². The molecule has 2 bridgehead atoms. The summed E-state index contributed by atoms with van der Waals surface area (Å²) in [6.07, 6.45) is 4.30. The van der Waals surface area contributed by atoms with E-state index >= 15 is 0 Å². The molecule has 33 heavy (non-hydrogen) atoms. The molecule has 2 aromatic heterocycles. The van der Waals surface area contributed by atoms with Crippen LogP contribution in [0.15, 0.2) is 48.7 Å². The molecule has 2 amide bonds. The molecule has 0 aliphatic carbocycles. The number of fused-ring (bicyclic) bond motifs is 3. The van der Waals surface area contributed by atoms with E-state index in [-0.39, 0.29) is 6.03 Å². The summed E-state index contributed by atoms with van der Waals surface area (Å²) in [7, 11) is 0. The lowest BCUT2D eigenvalue weighted by atomic mass is 10.1. The predicted octanol–water partition coefficient (Wildman–Crippen LogP) is 4.47. The molecule has 172 valence electrons. The highest BCUT2D eigenvalue weighted by Crippen LogP contribution is 2.34. The van der Waals surface area contributed by atoms with Gasteiger partial charge in [0.05, 0.1) is 11.4 Å². The van der Waals surface area contributed by atoms with E-state index in [1.807, 2.05) is 42.1 Å². The molecule has 1 aromatic carbocycles. The van der Waals surface area contributed by atoms with Gasteiger partial charge in [-0.05, 0) is 37.1 Å². The zero-order chi connectivity index (χ0) is 22.4. The molecule has 3 fully saturated rings. The van der Waals surface area contributed by atoms with Crippen molar-refractivity contribution in [1.29, 1.82) is 0 Å². The number of halogens is 1. The number of pyridine rings is 1. The molecular weight excluding hydrogens is 454 g/mol. The highest BCUT2D eigenvalue weighted by Gasteiger charge is 2.44. The Balaban J connectivity index is 1.25. The van der Waals surface area contributed by atoms with Gasteiger partial charge in [0.15, 0.2) is 0 Å². The second-order valence-corrected chi connectivity index (χ2v) is 10.9. The number of rotatable bonds is 3. The number of thioether (sulfide) groups is 1. The van der Waals surface area contributed by atoms with Gasteiger partial charge >= 0.3 is 6.03 Å². The van der Waals surface area contributed by atoms with E-state index < -0.39 is 0 Å². The van der Waals surface area contributed by atoms with Crippen LogP contribution in [0.5, 0.6) is 0 Å². The van der Waals surface area contributed by atoms with Crippen LogP contribution in [0, 0.1) is 0 Å². The number of carbonyl (C=O) groups is 1. The molecule has 2 atom stereocenters. The van der Waals surface area contributed by atoms with Crippen LogP contribution in [0.4, 0.5) is 4.79 Å². The molecule has 6 rings (SSSR count). The maximum atomic E-state index is 13.3. The third-order valence-electron chi connectivity index (χ3n) is 7.18. The number of hydrogen-bond acceptors (Lipinski definition) is 4. The van der Waals surface area contributed by atoms with Crippen LogP contribution >= 0.6 is 23.4 Å². The Morgan fingerprint density at radius 2 is 1.76 bits per heavy atom. The van der Waals surface area contributed by atoms with E-state index in [2.05, 4.69) is 37.4 Å². The molecule has 2 unspecified atom stereocenters. The molecule has 3 aromatic rings. The lowest BCUT2D eigenvalue weighted by molar-refractivity contribution is 0.0665. The van der Waals surface area contributed by atoms with Crippen LogP contribution in [0.1, 0.15) is 18.5 Å². The summed E-state index contributed by atoms with van der Waals surface area (Å²) in [4.78, 5) is 25.0. The highest BCUT2D eigenvalue weighted by molar-refractivity contribution is 7.99. The lowest BCUT2D eigenvalue weighted by Gasteiger charge is -2.43. The largest absolute Gasteiger partial charge is 0.323 e. The third kappa shape index (κ3) is 4.00. The standard InChI is InChI=1S/C25H28ClN5OS/c26-19-6-4-18(5-7-19)24-22(30-10-2-1-3-23(30)27-24)17-28-15-20-8-9-21(16-28)31(20)25(32)29-11-13-33-14-12-29/h1-7,10,20-21H,8-9,11-17H2. The normalized spacial score (nSPS) is 23.4. The summed E-state index contributed by atoms with van der Waals surface area (Å²) in [6, 6.07) is 15.0. The molecule has 3 aliphatic rings. The summed E-state index contributed by atoms with van der Waals surface area (Å²) in [5.74, 6) is 2.12. The van der Waals surface area contributed by atoms with Gasteiger partial charge in [0.2, 0.25) is 0 Å². The van der Waals surface area contributed by atoms with Crippen molar-refractivity contribution in [2.24, 2.45) is 0 Å². The number of carbonyl (C=O) groups excluding carboxylic acids is 1. The summed E-state index contributed by atoms with van der Waals surface area (Å²) in [6.45, 7) is 4.43. The second kappa shape index (κ2) is 8.85. The number of piperazine rings is 1. The fourth-order valence-electron chi connectivity index (χ4n) is 5.60. The van der Waals surface area contributed by atoms with Gasteiger partial charge in [-0.3, -0.25) is 4.90 Å². The number of likely N-dealkylation sites (tertiary alicyclic amines) is 1. The smallest absolute Gasteiger partial charge is 0.320 e. The maximum absolute atomic E-state index is 13.3. The number of amides is 2. The molecule has 0 N–H and O–H groups in total. The minimum absolute atomic E-state index is 0.263. The fourth-order valence-corrected chi connectivity index (χ4v) is 6.63. The number of urea groups is 1. The van der Waals surface area contributed by atoms with Crippen molar-refractivity contribution in [3.8, 4) is 11.3 Å². The van der Waals surface area contributed by atoms with Crippen LogP contribution in [0.3, 0.4) is 0 Å². The molecular formula is C25H28ClN5OS. The number of benzene rings is 1. The first-order chi connectivity index (χ1) is 16.2. The first-order valence-electron chi connectivity index (χ1n) is 11.8. The molecule has 5 heterocycles. The summed E-state index contributed by atoms with van der Waals surface area (Å²) in [5, 5.41) is 0.730. The third-order valence-corrected chi connectivity index (χ3v) is 8.37. The van der Waals surface area contributed by atoms with E-state index in [1.165, 1.54) is 5.69 Å². The van der Waals surface area contributed by atoms with Crippen molar-refractivity contribution >= 4 is 35.0 Å². The summed E-state index contributed by atoms with van der Waals surface area (Å²) < 4.78 is 2.20. The fraction of sp³-hybridized carbons (Fsp3) is 0.440. The van der Waals surface area contributed by atoms with Crippen molar-refractivity contribution in [3.05, 3.63) is 59.4 Å². The molecule has 8 heteroatoms. The van der Waals surface area contributed by atoms with Gasteiger partial charge in [-0.25, -0.2) is 9.78 Å². The predicted molar refractivity (Wildman–Crippen MR) is 134 cm³/mol. The second-order valence-electron chi connectivity index (χ2n) is 9.21. The molecule has 3 saturated heterocycles. The minimum Gasteiger partial charge on any atom is -0.323 e. The quantitative estimate of drug-likeness (QED) is 0.553. The molecule has 0 radical (unpaired) electrons. The number of imidazole rings is 1. The van der Waals surface area contributed by atoms with Gasteiger partial charge in [-0.2, -0.15) is 11.8 Å². The Kier molecular flexibility index (Phi) is 5.72. The maximum Gasteiger partial charge on any atom is 0.320 e. The van der Waals surface area contributed by atoms with E-state index in [0.717, 1.165) is 79.0 Å². The van der Waals surface area contributed by atoms with Crippen molar-refractivity contribution in [2.75, 3.05) is 37.7 Å². The van der Waals surface area contributed by atoms with Gasteiger partial charge in [0.25, 0.3) is 0 Å². The van der Waals surface area contributed by atoms with Gasteiger partial charge < -0.3 is 14.2 Å². The summed E-state index contributed by atoms with van der Waals surface area (Å²) >= 11 is 8.08. The van der Waals surface area contributed by atoms with Crippen LogP contribution in [-0.2, 0) is 6.54 Å². The van der Waals surface area contributed by atoms with E-state index in [9.17, 15) is 4.79 Å².